The minimum absolute atomic E-state index is 0.0232. The van der Waals surface area contributed by atoms with Crippen molar-refractivity contribution in [2.45, 2.75) is 39.0 Å². The van der Waals surface area contributed by atoms with Gasteiger partial charge >= 0.3 is 0 Å². The van der Waals surface area contributed by atoms with Crippen LogP contribution in [0.5, 0.6) is 0 Å². The third-order valence-corrected chi connectivity index (χ3v) is 3.89. The number of Topliss-reactive ketones (excluding diaryl/α,β-unsaturated/α-hetero) is 1. The molecule has 0 spiro atoms. The summed E-state index contributed by atoms with van der Waals surface area (Å²) >= 11 is 1.46. The first-order valence-corrected chi connectivity index (χ1v) is 6.62. The number of hydrogen-bond acceptors (Lipinski definition) is 3. The van der Waals surface area contributed by atoms with Gasteiger partial charge in [-0.25, -0.2) is 8.78 Å². The molecule has 0 N–H and O–H groups in total. The summed E-state index contributed by atoms with van der Waals surface area (Å²) in [6, 6.07) is 3.73. The molecule has 0 aliphatic rings. The molecule has 0 radical (unpaired) electrons. The summed E-state index contributed by atoms with van der Waals surface area (Å²) in [5.41, 5.74) is 0.0232. The third kappa shape index (κ3) is 4.82. The van der Waals surface area contributed by atoms with E-state index >= 15 is 0 Å². The minimum Gasteiger partial charge on any atom is -0.375 e. The maximum absolute atomic E-state index is 11.8. The Morgan fingerprint density at radius 1 is 1.39 bits per heavy atom. The Morgan fingerprint density at radius 2 is 2.06 bits per heavy atom. The van der Waals surface area contributed by atoms with Crippen LogP contribution in [-0.4, -0.2) is 25.4 Å². The van der Waals surface area contributed by atoms with E-state index in [1.165, 1.54) is 11.3 Å². The third-order valence-electron chi connectivity index (χ3n) is 2.34. The van der Waals surface area contributed by atoms with Gasteiger partial charge in [-0.3, -0.25) is 4.79 Å². The van der Waals surface area contributed by atoms with Gasteiger partial charge in [-0.1, -0.05) is 20.8 Å². The van der Waals surface area contributed by atoms with Crippen molar-refractivity contribution in [2.75, 3.05) is 13.2 Å². The number of halogens is 2. The maximum atomic E-state index is 11.8. The van der Waals surface area contributed by atoms with Gasteiger partial charge < -0.3 is 4.74 Å². The molecule has 18 heavy (non-hydrogen) atoms. The lowest BCUT2D eigenvalue weighted by molar-refractivity contribution is 0.0170. The Kier molecular flexibility index (Phi) is 5.41. The average Bonchev–Trinajstić information content (AvgIpc) is 2.72. The van der Waals surface area contributed by atoms with Crippen LogP contribution in [0, 0.1) is 0 Å². The van der Waals surface area contributed by atoms with E-state index in [0.29, 0.717) is 4.88 Å². The lowest BCUT2D eigenvalue weighted by atomic mass is 9.95. The van der Waals surface area contributed by atoms with Gasteiger partial charge in [0.2, 0.25) is 0 Å². The predicted octanol–water partition coefficient (Wildman–Crippen LogP) is 3.90. The van der Waals surface area contributed by atoms with Gasteiger partial charge in [0.25, 0.3) is 6.43 Å². The molecule has 0 saturated heterocycles. The van der Waals surface area contributed by atoms with Crippen molar-refractivity contribution >= 4 is 17.1 Å². The Bertz CT molecular complexity index is 394. The van der Waals surface area contributed by atoms with Crippen LogP contribution in [0.3, 0.4) is 0 Å². The molecular weight excluding hydrogens is 258 g/mol. The number of hydrogen-bond donors (Lipinski definition) is 0. The monoisotopic (exact) mass is 276 g/mol. The molecule has 0 aliphatic carbocycles. The van der Waals surface area contributed by atoms with Gasteiger partial charge in [-0.2, -0.15) is 0 Å². The molecule has 0 atom stereocenters. The zero-order chi connectivity index (χ0) is 13.8. The first kappa shape index (κ1) is 15.2. The fourth-order valence-corrected chi connectivity index (χ4v) is 2.38. The SMILES string of the molecule is CC(C)(C)c1ccc(C(=O)CCOCC(F)F)s1. The summed E-state index contributed by atoms with van der Waals surface area (Å²) in [6.45, 7) is 5.69. The molecule has 0 saturated carbocycles. The summed E-state index contributed by atoms with van der Waals surface area (Å²) < 4.78 is 28.3. The smallest absolute Gasteiger partial charge is 0.261 e. The van der Waals surface area contributed by atoms with Crippen molar-refractivity contribution in [3.05, 3.63) is 21.9 Å². The second-order valence-electron chi connectivity index (χ2n) is 5.05. The van der Waals surface area contributed by atoms with Crippen LogP contribution in [0.15, 0.2) is 12.1 Å². The molecule has 0 bridgehead atoms. The standard InChI is InChI=1S/C13H18F2O2S/c1-13(2,3)11-5-4-10(18-11)9(16)6-7-17-8-12(14)15/h4-5,12H,6-8H2,1-3H3. The van der Waals surface area contributed by atoms with Gasteiger partial charge in [0, 0.05) is 11.3 Å². The number of carbonyl (C=O) groups excluding carboxylic acids is 1. The number of ether oxygens (including phenoxy) is 1. The van der Waals surface area contributed by atoms with Crippen molar-refractivity contribution in [1.82, 2.24) is 0 Å². The van der Waals surface area contributed by atoms with E-state index in [9.17, 15) is 13.6 Å². The average molecular weight is 276 g/mol. The quantitative estimate of drug-likeness (QED) is 0.582. The summed E-state index contributed by atoms with van der Waals surface area (Å²) in [4.78, 5) is 13.6. The maximum Gasteiger partial charge on any atom is 0.261 e. The zero-order valence-corrected chi connectivity index (χ0v) is 11.7. The molecule has 5 heteroatoms. The first-order chi connectivity index (χ1) is 8.30. The molecule has 1 heterocycles. The van der Waals surface area contributed by atoms with E-state index in [-0.39, 0.29) is 24.2 Å². The molecule has 1 rings (SSSR count). The fourth-order valence-electron chi connectivity index (χ4n) is 1.35. The number of rotatable bonds is 6. The molecule has 0 amide bonds. The Morgan fingerprint density at radius 3 is 2.56 bits per heavy atom. The van der Waals surface area contributed by atoms with Crippen LogP contribution in [0.4, 0.5) is 8.78 Å². The highest BCUT2D eigenvalue weighted by Crippen LogP contribution is 2.29. The van der Waals surface area contributed by atoms with Gasteiger partial charge in [0.05, 0.1) is 11.5 Å². The summed E-state index contributed by atoms with van der Waals surface area (Å²) in [5.74, 6) is -0.0511. The van der Waals surface area contributed by atoms with E-state index in [2.05, 4.69) is 20.8 Å². The van der Waals surface area contributed by atoms with E-state index in [0.717, 1.165) is 4.88 Å². The second-order valence-corrected chi connectivity index (χ2v) is 6.14. The van der Waals surface area contributed by atoms with Gasteiger partial charge in [-0.15, -0.1) is 11.3 Å². The van der Waals surface area contributed by atoms with Crippen LogP contribution in [-0.2, 0) is 10.2 Å². The molecule has 0 aromatic carbocycles. The van der Waals surface area contributed by atoms with Crippen LogP contribution in [0.2, 0.25) is 0 Å². The fraction of sp³-hybridized carbons (Fsp3) is 0.615. The first-order valence-electron chi connectivity index (χ1n) is 5.80. The van der Waals surface area contributed by atoms with Crippen molar-refractivity contribution in [3.8, 4) is 0 Å². The molecule has 0 aliphatic heterocycles. The summed E-state index contributed by atoms with van der Waals surface area (Å²) in [6.07, 6.45) is -2.33. The highest BCUT2D eigenvalue weighted by molar-refractivity contribution is 7.14. The predicted molar refractivity (Wildman–Crippen MR) is 68.8 cm³/mol. The molecule has 102 valence electrons. The lowest BCUT2D eigenvalue weighted by Crippen LogP contribution is -2.09. The van der Waals surface area contributed by atoms with E-state index < -0.39 is 13.0 Å². The molecule has 0 fully saturated rings. The van der Waals surface area contributed by atoms with Crippen LogP contribution in [0.1, 0.15) is 41.7 Å². The van der Waals surface area contributed by atoms with Crippen LogP contribution >= 0.6 is 11.3 Å². The lowest BCUT2D eigenvalue weighted by Gasteiger charge is -2.15. The Balaban J connectivity index is 2.45. The normalized spacial score (nSPS) is 12.1. The Hall–Kier alpha value is -0.810. The molecule has 0 unspecified atom stereocenters. The van der Waals surface area contributed by atoms with Gasteiger partial charge in [0.15, 0.2) is 5.78 Å². The van der Waals surface area contributed by atoms with Crippen molar-refractivity contribution < 1.29 is 18.3 Å². The number of alkyl halides is 2. The number of ketones is 1. The summed E-state index contributed by atoms with van der Waals surface area (Å²) in [5, 5.41) is 0. The van der Waals surface area contributed by atoms with Crippen LogP contribution < -0.4 is 0 Å². The number of thiophene rings is 1. The highest BCUT2D eigenvalue weighted by atomic mass is 32.1. The topological polar surface area (TPSA) is 26.3 Å². The highest BCUT2D eigenvalue weighted by Gasteiger charge is 2.18. The van der Waals surface area contributed by atoms with Crippen LogP contribution in [0.25, 0.3) is 0 Å². The zero-order valence-electron chi connectivity index (χ0n) is 10.8. The van der Waals surface area contributed by atoms with E-state index in [1.54, 1.807) is 6.07 Å². The largest absolute Gasteiger partial charge is 0.375 e. The number of carbonyl (C=O) groups is 1. The van der Waals surface area contributed by atoms with Crippen molar-refractivity contribution in [2.24, 2.45) is 0 Å². The summed E-state index contributed by atoms with van der Waals surface area (Å²) in [7, 11) is 0. The minimum atomic E-state index is -2.48. The van der Waals surface area contributed by atoms with E-state index in [4.69, 9.17) is 4.74 Å². The molecular formula is C13H18F2O2S. The van der Waals surface area contributed by atoms with Crippen molar-refractivity contribution in [3.63, 3.8) is 0 Å². The Labute approximate surface area is 110 Å². The molecule has 2 nitrogen and oxygen atoms in total. The van der Waals surface area contributed by atoms with Gasteiger partial charge in [-0.05, 0) is 17.5 Å². The second kappa shape index (κ2) is 6.38. The molecule has 1 aromatic heterocycles. The van der Waals surface area contributed by atoms with Crippen molar-refractivity contribution in [1.29, 1.82) is 0 Å². The van der Waals surface area contributed by atoms with E-state index in [1.807, 2.05) is 6.07 Å². The van der Waals surface area contributed by atoms with Gasteiger partial charge in [0.1, 0.15) is 6.61 Å². The molecule has 1 aromatic rings.